The van der Waals surface area contributed by atoms with Crippen molar-refractivity contribution >= 4 is 16.9 Å². The molecule has 0 aliphatic rings. The molecular formula is C17H20N4O2. The highest BCUT2D eigenvalue weighted by Crippen LogP contribution is 2.22. The molecule has 3 aromatic rings. The first-order valence-electron chi connectivity index (χ1n) is 7.74. The molecule has 3 N–H and O–H groups in total. The van der Waals surface area contributed by atoms with E-state index >= 15 is 0 Å². The lowest BCUT2D eigenvalue weighted by atomic mass is 10.2. The highest BCUT2D eigenvalue weighted by atomic mass is 16.5. The maximum absolute atomic E-state index is 12.3. The Kier molecular flexibility index (Phi) is 4.32. The lowest BCUT2D eigenvalue weighted by Crippen LogP contribution is -2.17. The second-order valence-electron chi connectivity index (χ2n) is 5.44. The van der Waals surface area contributed by atoms with Crippen molar-refractivity contribution in [2.24, 2.45) is 0 Å². The largest absolute Gasteiger partial charge is 0.478 e. The fourth-order valence-electron chi connectivity index (χ4n) is 2.47. The average Bonchev–Trinajstić information content (AvgIpc) is 2.86. The number of imidazole rings is 1. The molecule has 0 spiro atoms. The Bertz CT molecular complexity index is 852. The number of nitrogens with two attached hydrogens (primary N) is 1. The number of nitrogens with zero attached hydrogens (tertiary/aromatic N) is 2. The summed E-state index contributed by atoms with van der Waals surface area (Å²) in [5.74, 6) is 0.724. The number of H-pyrrole nitrogens is 1. The smallest absolute Gasteiger partial charge is 0.326 e. The number of benzene rings is 1. The van der Waals surface area contributed by atoms with Gasteiger partial charge in [0, 0.05) is 6.07 Å². The van der Waals surface area contributed by atoms with Crippen LogP contribution in [0.15, 0.2) is 41.2 Å². The third kappa shape index (κ3) is 3.21. The van der Waals surface area contributed by atoms with Crippen molar-refractivity contribution in [2.45, 2.75) is 26.3 Å². The van der Waals surface area contributed by atoms with E-state index in [-0.39, 0.29) is 11.5 Å². The van der Waals surface area contributed by atoms with Crippen LogP contribution in [-0.4, -0.2) is 21.1 Å². The zero-order valence-corrected chi connectivity index (χ0v) is 13.1. The van der Waals surface area contributed by atoms with Gasteiger partial charge in [-0.2, -0.15) is 4.98 Å². The van der Waals surface area contributed by atoms with E-state index in [0.717, 1.165) is 18.4 Å². The minimum Gasteiger partial charge on any atom is -0.478 e. The van der Waals surface area contributed by atoms with Crippen LogP contribution >= 0.6 is 0 Å². The van der Waals surface area contributed by atoms with Crippen molar-refractivity contribution in [1.82, 2.24) is 14.5 Å². The third-order valence-corrected chi connectivity index (χ3v) is 3.70. The second kappa shape index (κ2) is 6.56. The van der Waals surface area contributed by atoms with Gasteiger partial charge in [0.05, 0.1) is 18.7 Å². The number of unbranched alkanes of at least 4 members (excludes halogenated alkanes) is 1. The van der Waals surface area contributed by atoms with Gasteiger partial charge in [0.15, 0.2) is 5.82 Å². The van der Waals surface area contributed by atoms with Gasteiger partial charge in [0.1, 0.15) is 5.52 Å². The van der Waals surface area contributed by atoms with Gasteiger partial charge in [-0.1, -0.05) is 43.7 Å². The topological polar surface area (TPSA) is 85.9 Å². The normalized spacial score (nSPS) is 11.0. The van der Waals surface area contributed by atoms with Crippen molar-refractivity contribution in [3.8, 4) is 5.88 Å². The molecule has 1 aromatic carbocycles. The summed E-state index contributed by atoms with van der Waals surface area (Å²) in [7, 11) is 0. The van der Waals surface area contributed by atoms with Crippen LogP contribution in [0.1, 0.15) is 25.3 Å². The number of hydrogen-bond acceptors (Lipinski definition) is 4. The van der Waals surface area contributed by atoms with Gasteiger partial charge in [-0.3, -0.25) is 4.57 Å². The zero-order valence-electron chi connectivity index (χ0n) is 13.1. The molecule has 0 atom stereocenters. The minimum atomic E-state index is -0.205. The number of aromatic nitrogens is 3. The monoisotopic (exact) mass is 312 g/mol. The zero-order chi connectivity index (χ0) is 16.2. The van der Waals surface area contributed by atoms with Crippen molar-refractivity contribution in [3.63, 3.8) is 0 Å². The predicted molar refractivity (Wildman–Crippen MR) is 90.7 cm³/mol. The summed E-state index contributed by atoms with van der Waals surface area (Å²) < 4.78 is 7.28. The summed E-state index contributed by atoms with van der Waals surface area (Å²) in [6, 6.07) is 11.6. The molecular weight excluding hydrogens is 292 g/mol. The van der Waals surface area contributed by atoms with E-state index in [1.54, 1.807) is 10.6 Å². The van der Waals surface area contributed by atoms with Crippen LogP contribution in [-0.2, 0) is 6.54 Å². The van der Waals surface area contributed by atoms with Crippen molar-refractivity contribution in [1.29, 1.82) is 0 Å². The summed E-state index contributed by atoms with van der Waals surface area (Å²) in [5, 5.41) is 0. The number of aromatic amines is 1. The Balaban J connectivity index is 2.00. The van der Waals surface area contributed by atoms with Crippen LogP contribution < -0.4 is 16.2 Å². The Morgan fingerprint density at radius 3 is 2.83 bits per heavy atom. The van der Waals surface area contributed by atoms with Gasteiger partial charge in [0.2, 0.25) is 5.88 Å². The van der Waals surface area contributed by atoms with E-state index in [2.05, 4.69) is 16.9 Å². The third-order valence-electron chi connectivity index (χ3n) is 3.70. The maximum Gasteiger partial charge on any atom is 0.326 e. The van der Waals surface area contributed by atoms with Crippen molar-refractivity contribution in [2.75, 3.05) is 12.3 Å². The standard InChI is InChI=1S/C17H20N4O2/c1-2-3-9-23-14-10-13-15(16(18)19-14)20-17(22)21(13)11-12-7-5-4-6-8-12/h4-8,10H,2-3,9,11H2,1H3,(H2,18,19)(H,20,22). The number of hydrogen-bond donors (Lipinski definition) is 2. The van der Waals surface area contributed by atoms with E-state index < -0.39 is 0 Å². The summed E-state index contributed by atoms with van der Waals surface area (Å²) in [5.41, 5.74) is 8.05. The Labute approximate surface area is 133 Å². The van der Waals surface area contributed by atoms with Crippen LogP contribution in [0.2, 0.25) is 0 Å². The van der Waals surface area contributed by atoms with Gasteiger partial charge in [-0.05, 0) is 12.0 Å². The van der Waals surface area contributed by atoms with Crippen LogP contribution in [0.4, 0.5) is 5.82 Å². The number of fused-ring (bicyclic) bond motifs is 1. The summed E-state index contributed by atoms with van der Waals surface area (Å²) >= 11 is 0. The number of nitrogen functional groups attached to an aromatic ring is 1. The lowest BCUT2D eigenvalue weighted by Gasteiger charge is -2.08. The van der Waals surface area contributed by atoms with E-state index in [1.807, 2.05) is 30.3 Å². The Morgan fingerprint density at radius 2 is 2.09 bits per heavy atom. The number of ether oxygens (including phenoxy) is 1. The van der Waals surface area contributed by atoms with Crippen molar-refractivity contribution in [3.05, 3.63) is 52.4 Å². The van der Waals surface area contributed by atoms with Gasteiger partial charge in [-0.15, -0.1) is 0 Å². The number of anilines is 1. The Hall–Kier alpha value is -2.76. The molecule has 0 saturated heterocycles. The van der Waals surface area contributed by atoms with Crippen LogP contribution in [0.25, 0.3) is 11.0 Å². The van der Waals surface area contributed by atoms with Gasteiger partial charge in [0.25, 0.3) is 0 Å². The molecule has 2 heterocycles. The molecule has 2 aromatic heterocycles. The van der Waals surface area contributed by atoms with Gasteiger partial charge >= 0.3 is 5.69 Å². The van der Waals surface area contributed by atoms with Crippen LogP contribution in [0, 0.1) is 0 Å². The summed E-state index contributed by atoms with van der Waals surface area (Å²) in [6.07, 6.45) is 1.99. The maximum atomic E-state index is 12.3. The SMILES string of the molecule is CCCCOc1cc2c([nH]c(=O)n2Cc2ccccc2)c(N)n1. The fraction of sp³-hybridized carbons (Fsp3) is 0.294. The molecule has 0 saturated carbocycles. The number of rotatable bonds is 6. The number of pyridine rings is 1. The molecule has 0 fully saturated rings. The molecule has 0 unspecified atom stereocenters. The minimum absolute atomic E-state index is 0.205. The quantitative estimate of drug-likeness (QED) is 0.685. The molecule has 0 radical (unpaired) electrons. The first-order chi connectivity index (χ1) is 11.2. The first kappa shape index (κ1) is 15.1. The fourth-order valence-corrected chi connectivity index (χ4v) is 2.47. The molecule has 0 aliphatic heterocycles. The molecule has 23 heavy (non-hydrogen) atoms. The van der Waals surface area contributed by atoms with E-state index in [9.17, 15) is 4.79 Å². The molecule has 6 heteroatoms. The van der Waals surface area contributed by atoms with Gasteiger partial charge in [-0.25, -0.2) is 4.79 Å². The molecule has 0 bridgehead atoms. The Morgan fingerprint density at radius 1 is 1.30 bits per heavy atom. The number of nitrogens with one attached hydrogen (secondary N) is 1. The highest BCUT2D eigenvalue weighted by Gasteiger charge is 2.13. The second-order valence-corrected chi connectivity index (χ2v) is 5.44. The summed E-state index contributed by atoms with van der Waals surface area (Å²) in [6.45, 7) is 3.15. The predicted octanol–water partition coefficient (Wildman–Crippen LogP) is 2.53. The highest BCUT2D eigenvalue weighted by molar-refractivity contribution is 5.85. The van der Waals surface area contributed by atoms with Crippen LogP contribution in [0.5, 0.6) is 5.88 Å². The van der Waals surface area contributed by atoms with Crippen molar-refractivity contribution < 1.29 is 4.74 Å². The molecule has 3 rings (SSSR count). The first-order valence-corrected chi connectivity index (χ1v) is 7.74. The van der Waals surface area contributed by atoms with E-state index in [4.69, 9.17) is 10.5 Å². The molecule has 0 amide bonds. The summed E-state index contributed by atoms with van der Waals surface area (Å²) in [4.78, 5) is 19.2. The van der Waals surface area contributed by atoms with E-state index in [0.29, 0.717) is 30.1 Å². The molecule has 6 nitrogen and oxygen atoms in total. The van der Waals surface area contributed by atoms with E-state index in [1.165, 1.54) is 0 Å². The van der Waals surface area contributed by atoms with Crippen LogP contribution in [0.3, 0.4) is 0 Å². The molecule has 0 aliphatic carbocycles. The average molecular weight is 312 g/mol. The lowest BCUT2D eigenvalue weighted by molar-refractivity contribution is 0.298. The van der Waals surface area contributed by atoms with Gasteiger partial charge < -0.3 is 15.5 Å². The molecule has 120 valence electrons.